The van der Waals surface area contributed by atoms with Crippen LogP contribution in [0.15, 0.2) is 40.4 Å². The summed E-state index contributed by atoms with van der Waals surface area (Å²) in [6.07, 6.45) is 3.57. The molecule has 104 valence electrons. The van der Waals surface area contributed by atoms with E-state index in [1.165, 1.54) is 6.21 Å². The third-order valence-electron chi connectivity index (χ3n) is 2.43. The first-order valence-corrected chi connectivity index (χ1v) is 6.56. The van der Waals surface area contributed by atoms with Crippen LogP contribution in [0.1, 0.15) is 18.9 Å². The Labute approximate surface area is 120 Å². The molecule has 0 aliphatic carbocycles. The zero-order valence-electron chi connectivity index (χ0n) is 10.9. The van der Waals surface area contributed by atoms with Crippen LogP contribution < -0.4 is 10.3 Å². The first kappa shape index (κ1) is 14.1. The number of benzene rings is 1. The molecule has 1 N–H and O–H groups in total. The van der Waals surface area contributed by atoms with E-state index in [1.807, 2.05) is 31.2 Å². The van der Waals surface area contributed by atoms with Gasteiger partial charge in [0.1, 0.15) is 11.9 Å². The first-order chi connectivity index (χ1) is 9.72. The van der Waals surface area contributed by atoms with Crippen LogP contribution in [0, 0.1) is 4.77 Å². The third-order valence-corrected chi connectivity index (χ3v) is 2.69. The molecule has 0 aliphatic rings. The number of H-pyrrole nitrogens is 1. The van der Waals surface area contributed by atoms with Gasteiger partial charge in [-0.1, -0.05) is 19.1 Å². The average molecular weight is 290 g/mol. The molecule has 1 aromatic carbocycles. The van der Waals surface area contributed by atoms with Crippen molar-refractivity contribution in [2.75, 3.05) is 6.61 Å². The van der Waals surface area contributed by atoms with Crippen LogP contribution in [0.4, 0.5) is 0 Å². The highest BCUT2D eigenvalue weighted by Crippen LogP contribution is 2.15. The second kappa shape index (κ2) is 6.76. The van der Waals surface area contributed by atoms with E-state index in [9.17, 15) is 4.79 Å². The Hall–Kier alpha value is -2.28. The average Bonchev–Trinajstić information content (AvgIpc) is 2.45. The van der Waals surface area contributed by atoms with Crippen molar-refractivity contribution in [1.29, 1.82) is 0 Å². The molecule has 1 aromatic heterocycles. The van der Waals surface area contributed by atoms with Gasteiger partial charge in [-0.2, -0.15) is 14.9 Å². The molecule has 0 saturated heterocycles. The van der Waals surface area contributed by atoms with Gasteiger partial charge < -0.3 is 4.74 Å². The SMILES string of the molecule is CCCOc1ccccc1/C=N/n1c(=O)cn[nH]c1=S. The second-order valence-electron chi connectivity index (χ2n) is 3.96. The minimum atomic E-state index is -0.392. The normalized spacial score (nSPS) is 10.8. The Kier molecular flexibility index (Phi) is 4.78. The van der Waals surface area contributed by atoms with Crippen LogP contribution in [0.5, 0.6) is 5.75 Å². The maximum Gasteiger partial charge on any atom is 0.293 e. The van der Waals surface area contributed by atoms with E-state index in [0.29, 0.717) is 6.61 Å². The van der Waals surface area contributed by atoms with Gasteiger partial charge in [-0.15, -0.1) is 0 Å². The highest BCUT2D eigenvalue weighted by atomic mass is 32.1. The number of ether oxygens (including phenoxy) is 1. The zero-order valence-corrected chi connectivity index (χ0v) is 11.8. The number of rotatable bonds is 5. The van der Waals surface area contributed by atoms with E-state index in [2.05, 4.69) is 15.3 Å². The minimum Gasteiger partial charge on any atom is -0.493 e. The van der Waals surface area contributed by atoms with E-state index >= 15 is 0 Å². The number of nitrogens with one attached hydrogen (secondary N) is 1. The molecule has 6 nitrogen and oxygen atoms in total. The summed E-state index contributed by atoms with van der Waals surface area (Å²) in [7, 11) is 0. The standard InChI is InChI=1S/C13H14N4O2S/c1-2-7-19-11-6-4-3-5-10(11)8-15-17-12(18)9-14-16-13(17)20/h3-6,8-9H,2,7H2,1H3,(H,16,20)/b15-8+. The largest absolute Gasteiger partial charge is 0.493 e. The van der Waals surface area contributed by atoms with Gasteiger partial charge in [0.25, 0.3) is 5.56 Å². The Morgan fingerprint density at radius 3 is 3.05 bits per heavy atom. The smallest absolute Gasteiger partial charge is 0.293 e. The summed E-state index contributed by atoms with van der Waals surface area (Å²) in [6.45, 7) is 2.66. The Balaban J connectivity index is 2.32. The van der Waals surface area contributed by atoms with E-state index in [-0.39, 0.29) is 4.77 Å². The molecule has 2 rings (SSSR count). The molecule has 2 aromatic rings. The maximum atomic E-state index is 11.6. The quantitative estimate of drug-likeness (QED) is 0.675. The van der Waals surface area contributed by atoms with Gasteiger partial charge in [-0.3, -0.25) is 9.89 Å². The van der Waals surface area contributed by atoms with E-state index in [1.54, 1.807) is 0 Å². The van der Waals surface area contributed by atoms with Gasteiger partial charge in [0.15, 0.2) is 0 Å². The number of nitrogens with zero attached hydrogens (tertiary/aromatic N) is 3. The lowest BCUT2D eigenvalue weighted by atomic mass is 10.2. The van der Waals surface area contributed by atoms with Crippen LogP contribution in [0.2, 0.25) is 0 Å². The predicted octanol–water partition coefficient (Wildman–Crippen LogP) is 1.97. The molecular formula is C13H14N4O2S. The van der Waals surface area contributed by atoms with Crippen molar-refractivity contribution in [1.82, 2.24) is 14.9 Å². The fourth-order valence-corrected chi connectivity index (χ4v) is 1.69. The van der Waals surface area contributed by atoms with Crippen molar-refractivity contribution in [3.63, 3.8) is 0 Å². The van der Waals surface area contributed by atoms with Gasteiger partial charge >= 0.3 is 0 Å². The molecule has 0 radical (unpaired) electrons. The summed E-state index contributed by atoms with van der Waals surface area (Å²) < 4.78 is 6.82. The third kappa shape index (κ3) is 3.39. The summed E-state index contributed by atoms with van der Waals surface area (Å²) >= 11 is 4.96. The number of hydrogen-bond acceptors (Lipinski definition) is 5. The summed E-state index contributed by atoms with van der Waals surface area (Å²) in [5.41, 5.74) is 0.385. The molecule has 0 aliphatic heterocycles. The highest BCUT2D eigenvalue weighted by molar-refractivity contribution is 7.71. The molecule has 0 unspecified atom stereocenters. The topological polar surface area (TPSA) is 72.3 Å². The first-order valence-electron chi connectivity index (χ1n) is 6.15. The molecule has 0 fully saturated rings. The van der Waals surface area contributed by atoms with Crippen molar-refractivity contribution in [2.24, 2.45) is 5.10 Å². The van der Waals surface area contributed by atoms with Crippen molar-refractivity contribution in [3.05, 3.63) is 51.2 Å². The highest BCUT2D eigenvalue weighted by Gasteiger charge is 2.00. The minimum absolute atomic E-state index is 0.140. The van der Waals surface area contributed by atoms with Crippen LogP contribution >= 0.6 is 12.2 Å². The molecule has 0 atom stereocenters. The van der Waals surface area contributed by atoms with Crippen LogP contribution in [0.25, 0.3) is 0 Å². The predicted molar refractivity (Wildman–Crippen MR) is 78.9 cm³/mol. The molecule has 0 spiro atoms. The van der Waals surface area contributed by atoms with Crippen molar-refractivity contribution < 1.29 is 4.74 Å². The van der Waals surface area contributed by atoms with Crippen molar-refractivity contribution >= 4 is 18.4 Å². The maximum absolute atomic E-state index is 11.6. The van der Waals surface area contributed by atoms with E-state index in [4.69, 9.17) is 17.0 Å². The van der Waals surface area contributed by atoms with Gasteiger partial charge in [0.05, 0.1) is 12.8 Å². The van der Waals surface area contributed by atoms with Crippen molar-refractivity contribution in [3.8, 4) is 5.75 Å². The number of aromatic amines is 1. The molecule has 0 amide bonds. The van der Waals surface area contributed by atoms with Gasteiger partial charge in [0.2, 0.25) is 4.77 Å². The summed E-state index contributed by atoms with van der Waals surface area (Å²) in [5, 5.41) is 10.2. The Morgan fingerprint density at radius 1 is 1.50 bits per heavy atom. The fourth-order valence-electron chi connectivity index (χ4n) is 1.50. The van der Waals surface area contributed by atoms with Crippen LogP contribution in [0.3, 0.4) is 0 Å². The Bertz CT molecular complexity index is 692. The number of hydrogen-bond donors (Lipinski definition) is 1. The fraction of sp³-hybridized carbons (Fsp3) is 0.231. The van der Waals surface area contributed by atoms with Gasteiger partial charge in [0, 0.05) is 5.56 Å². The summed E-state index contributed by atoms with van der Waals surface area (Å²) in [4.78, 5) is 11.6. The molecule has 0 saturated carbocycles. The molecule has 0 bridgehead atoms. The molecule has 1 heterocycles. The van der Waals surface area contributed by atoms with Crippen LogP contribution in [-0.4, -0.2) is 27.7 Å². The van der Waals surface area contributed by atoms with Gasteiger partial charge in [-0.25, -0.2) is 0 Å². The summed E-state index contributed by atoms with van der Waals surface area (Å²) in [5.74, 6) is 0.718. The lowest BCUT2D eigenvalue weighted by Gasteiger charge is -2.07. The molecule has 20 heavy (non-hydrogen) atoms. The Morgan fingerprint density at radius 2 is 2.30 bits per heavy atom. The van der Waals surface area contributed by atoms with Crippen LogP contribution in [-0.2, 0) is 0 Å². The number of aromatic nitrogens is 3. The second-order valence-corrected chi connectivity index (χ2v) is 4.34. The lowest BCUT2D eigenvalue weighted by Crippen LogP contribution is -2.18. The lowest BCUT2D eigenvalue weighted by molar-refractivity contribution is 0.317. The molecular weight excluding hydrogens is 276 g/mol. The zero-order chi connectivity index (χ0) is 14.4. The monoisotopic (exact) mass is 290 g/mol. The molecule has 7 heteroatoms. The van der Waals surface area contributed by atoms with Crippen molar-refractivity contribution in [2.45, 2.75) is 13.3 Å². The van der Waals surface area contributed by atoms with E-state index < -0.39 is 5.56 Å². The number of para-hydroxylation sites is 1. The van der Waals surface area contributed by atoms with Gasteiger partial charge in [-0.05, 0) is 30.8 Å². The van der Waals surface area contributed by atoms with E-state index in [0.717, 1.165) is 28.6 Å². The summed E-state index contributed by atoms with van der Waals surface area (Å²) in [6, 6.07) is 7.46.